The van der Waals surface area contributed by atoms with Gasteiger partial charge in [0.25, 0.3) is 0 Å². The van der Waals surface area contributed by atoms with Crippen molar-refractivity contribution in [1.82, 2.24) is 0 Å². The average Bonchev–Trinajstić information content (AvgIpc) is 2.86. The summed E-state index contributed by atoms with van der Waals surface area (Å²) in [6, 6.07) is 0. The fourth-order valence-electron chi connectivity index (χ4n) is 2.55. The van der Waals surface area contributed by atoms with Gasteiger partial charge >= 0.3 is 121 Å². The van der Waals surface area contributed by atoms with Crippen LogP contribution in [0.1, 0.15) is 12.8 Å². The zero-order chi connectivity index (χ0) is 12.4. The van der Waals surface area contributed by atoms with Gasteiger partial charge in [0.2, 0.25) is 0 Å². The van der Waals surface area contributed by atoms with Crippen molar-refractivity contribution >= 4 is 17.6 Å². The van der Waals surface area contributed by atoms with E-state index in [2.05, 4.69) is 50.5 Å². The summed E-state index contributed by atoms with van der Waals surface area (Å²) < 4.78 is 3.81. The van der Waals surface area contributed by atoms with E-state index in [4.69, 9.17) is 0 Å². The molecule has 0 N–H and O–H groups in total. The molecule has 0 saturated heterocycles. The van der Waals surface area contributed by atoms with Crippen LogP contribution in [0.3, 0.4) is 0 Å². The summed E-state index contributed by atoms with van der Waals surface area (Å²) >= 11 is -0.421. The molecule has 0 unspecified atom stereocenters. The molecule has 0 nitrogen and oxygen atoms in total. The zero-order valence-corrected chi connectivity index (χ0v) is 16.1. The Balaban J connectivity index is 2.18. The van der Waals surface area contributed by atoms with E-state index >= 15 is 0 Å². The van der Waals surface area contributed by atoms with E-state index in [1.807, 2.05) is 6.56 Å². The molecule has 0 fully saturated rings. The van der Waals surface area contributed by atoms with Crippen LogP contribution < -0.4 is 0 Å². The van der Waals surface area contributed by atoms with Crippen LogP contribution in [0.25, 0.3) is 0 Å². The first-order chi connectivity index (χ1) is 8.09. The van der Waals surface area contributed by atoms with Crippen molar-refractivity contribution in [1.29, 1.82) is 0 Å². The summed E-state index contributed by atoms with van der Waals surface area (Å²) in [4.78, 5) is 0. The van der Waals surface area contributed by atoms with Crippen molar-refractivity contribution in [3.63, 3.8) is 0 Å². The molecule has 2 rings (SSSR count). The predicted molar refractivity (Wildman–Crippen MR) is 79.3 cm³/mol. The first-order valence-corrected chi connectivity index (χ1v) is 14.9. The average molecular weight is 338 g/mol. The van der Waals surface area contributed by atoms with Crippen LogP contribution >= 0.6 is 0 Å². The molecule has 90 valence electrons. The van der Waals surface area contributed by atoms with Crippen LogP contribution in [0.5, 0.6) is 0 Å². The SMILES string of the molecule is C[SiH](C)C1=[C]([Zr][C]2=C([SiH](C)C)C=CC2)CC=C1. The summed E-state index contributed by atoms with van der Waals surface area (Å²) in [5.74, 6) is 0. The van der Waals surface area contributed by atoms with Crippen molar-refractivity contribution in [3.8, 4) is 0 Å². The van der Waals surface area contributed by atoms with E-state index in [1.165, 1.54) is 12.8 Å². The standard InChI is InChI=1S/2C7H11Si.Zr/c2*1-8(2)7-5-3-4-6-7;/h2*3,5,8H,4H2,1-2H3;. The topological polar surface area (TPSA) is 0 Å². The molecule has 0 spiro atoms. The Morgan fingerprint density at radius 3 is 1.59 bits per heavy atom. The number of allylic oxidation sites excluding steroid dienone is 8. The van der Waals surface area contributed by atoms with Crippen molar-refractivity contribution in [2.45, 2.75) is 39.0 Å². The maximum absolute atomic E-state index is 2.48. The van der Waals surface area contributed by atoms with Gasteiger partial charge in [0.1, 0.15) is 0 Å². The van der Waals surface area contributed by atoms with Gasteiger partial charge in [-0.1, -0.05) is 0 Å². The Hall–Kier alpha value is 0.277. The van der Waals surface area contributed by atoms with Gasteiger partial charge in [-0.25, -0.2) is 0 Å². The van der Waals surface area contributed by atoms with Crippen molar-refractivity contribution < 1.29 is 23.2 Å². The molecule has 0 heterocycles. The Morgan fingerprint density at radius 1 is 0.824 bits per heavy atom. The molecule has 3 heteroatoms. The summed E-state index contributed by atoms with van der Waals surface area (Å²) in [5, 5.41) is 3.61. The Bertz CT molecular complexity index is 386. The van der Waals surface area contributed by atoms with Crippen LogP contribution in [0.2, 0.25) is 26.2 Å². The van der Waals surface area contributed by atoms with Gasteiger partial charge in [0, 0.05) is 0 Å². The van der Waals surface area contributed by atoms with E-state index in [1.54, 1.807) is 10.4 Å². The van der Waals surface area contributed by atoms with Crippen molar-refractivity contribution in [3.05, 3.63) is 41.3 Å². The van der Waals surface area contributed by atoms with Crippen LogP contribution in [0.4, 0.5) is 0 Å². The third kappa shape index (κ3) is 3.18. The van der Waals surface area contributed by atoms with Gasteiger partial charge in [-0.05, 0) is 0 Å². The summed E-state index contributed by atoms with van der Waals surface area (Å²) in [6.45, 7) is 9.90. The molecule has 17 heavy (non-hydrogen) atoms. The van der Waals surface area contributed by atoms with Gasteiger partial charge in [-0.3, -0.25) is 0 Å². The van der Waals surface area contributed by atoms with Gasteiger partial charge in [0.15, 0.2) is 0 Å². The van der Waals surface area contributed by atoms with Crippen LogP contribution in [0.15, 0.2) is 41.3 Å². The van der Waals surface area contributed by atoms with Gasteiger partial charge in [-0.15, -0.1) is 0 Å². The monoisotopic (exact) mass is 336 g/mol. The van der Waals surface area contributed by atoms with Crippen LogP contribution in [-0.4, -0.2) is 17.6 Å². The normalized spacial score (nSPS) is 19.4. The van der Waals surface area contributed by atoms with Crippen molar-refractivity contribution in [2.24, 2.45) is 0 Å². The zero-order valence-electron chi connectivity index (χ0n) is 11.4. The first kappa shape index (κ1) is 13.7. The summed E-state index contributed by atoms with van der Waals surface area (Å²) in [7, 11) is -1.17. The molecule has 2 aliphatic carbocycles. The van der Waals surface area contributed by atoms with Gasteiger partial charge in [-0.2, -0.15) is 0 Å². The fourth-order valence-corrected chi connectivity index (χ4v) is 13.4. The fraction of sp³-hybridized carbons (Fsp3) is 0.429. The van der Waals surface area contributed by atoms with Crippen molar-refractivity contribution in [2.75, 3.05) is 0 Å². The second kappa shape index (κ2) is 5.95. The number of hydrogen-bond acceptors (Lipinski definition) is 0. The third-order valence-electron chi connectivity index (χ3n) is 3.48. The Morgan fingerprint density at radius 2 is 1.24 bits per heavy atom. The van der Waals surface area contributed by atoms with Crippen LogP contribution in [-0.2, 0) is 23.2 Å². The Labute approximate surface area is 120 Å². The number of hydrogen-bond donors (Lipinski definition) is 0. The molecule has 0 radical (unpaired) electrons. The molecule has 0 bridgehead atoms. The van der Waals surface area contributed by atoms with E-state index in [0.717, 1.165) is 0 Å². The second-order valence-electron chi connectivity index (χ2n) is 5.52. The molecule has 0 aromatic rings. The second-order valence-corrected chi connectivity index (χ2v) is 15.0. The molecule has 0 aliphatic heterocycles. The predicted octanol–water partition coefficient (Wildman–Crippen LogP) is 3.55. The van der Waals surface area contributed by atoms with E-state index < -0.39 is 40.8 Å². The van der Waals surface area contributed by atoms with E-state index in [0.29, 0.717) is 0 Å². The van der Waals surface area contributed by atoms with Gasteiger partial charge in [0.05, 0.1) is 0 Å². The van der Waals surface area contributed by atoms with E-state index in [9.17, 15) is 0 Å². The quantitative estimate of drug-likeness (QED) is 0.688. The molecule has 2 aliphatic rings. The third-order valence-corrected chi connectivity index (χ3v) is 12.4. The molecule has 0 saturated carbocycles. The minimum atomic E-state index is -0.583. The molecule has 0 amide bonds. The van der Waals surface area contributed by atoms with Crippen LogP contribution in [0, 0.1) is 0 Å². The first-order valence-electron chi connectivity index (χ1n) is 6.65. The molecule has 0 aromatic carbocycles. The summed E-state index contributed by atoms with van der Waals surface area (Å²) in [5.41, 5.74) is 0. The maximum atomic E-state index is 2.48. The molecular weight excluding hydrogens is 316 g/mol. The Kier molecular flexibility index (Phi) is 4.79. The van der Waals surface area contributed by atoms with E-state index in [-0.39, 0.29) is 0 Å². The molecular formula is C14H22Si2Zr. The minimum absolute atomic E-state index is 0.421. The molecule has 0 atom stereocenters. The molecule has 0 aromatic heterocycles. The van der Waals surface area contributed by atoms with Gasteiger partial charge < -0.3 is 0 Å². The summed E-state index contributed by atoms with van der Waals surface area (Å²) in [6.07, 6.45) is 12.3. The number of rotatable bonds is 4.